The molecule has 1 fully saturated rings. The van der Waals surface area contributed by atoms with Gasteiger partial charge in [0.15, 0.2) is 0 Å². The molecule has 0 saturated carbocycles. The van der Waals surface area contributed by atoms with Gasteiger partial charge in [-0.1, -0.05) is 13.8 Å². The highest BCUT2D eigenvalue weighted by Gasteiger charge is 2.23. The van der Waals surface area contributed by atoms with E-state index in [0.29, 0.717) is 25.0 Å². The SMILES string of the molecule is CC(C)COC(=O)N1CCCC(CN)C1. The highest BCUT2D eigenvalue weighted by atomic mass is 16.6. The van der Waals surface area contributed by atoms with E-state index in [9.17, 15) is 4.79 Å². The minimum Gasteiger partial charge on any atom is -0.449 e. The number of amides is 1. The van der Waals surface area contributed by atoms with E-state index in [2.05, 4.69) is 0 Å². The maximum Gasteiger partial charge on any atom is 0.409 e. The molecule has 88 valence electrons. The monoisotopic (exact) mass is 214 g/mol. The van der Waals surface area contributed by atoms with Gasteiger partial charge in [0.25, 0.3) is 0 Å². The summed E-state index contributed by atoms with van der Waals surface area (Å²) in [5.41, 5.74) is 5.61. The van der Waals surface area contributed by atoms with Crippen LogP contribution in [0.15, 0.2) is 0 Å². The third kappa shape index (κ3) is 4.08. The number of hydrogen-bond donors (Lipinski definition) is 1. The average Bonchev–Trinajstić information content (AvgIpc) is 2.26. The van der Waals surface area contributed by atoms with Crippen LogP contribution in [0.3, 0.4) is 0 Å². The van der Waals surface area contributed by atoms with Crippen LogP contribution >= 0.6 is 0 Å². The normalized spacial score (nSPS) is 21.9. The molecule has 4 heteroatoms. The Bertz CT molecular complexity index is 207. The predicted molar refractivity (Wildman–Crippen MR) is 59.5 cm³/mol. The van der Waals surface area contributed by atoms with Crippen LogP contribution in [0.25, 0.3) is 0 Å². The summed E-state index contributed by atoms with van der Waals surface area (Å²) in [5.74, 6) is 0.842. The molecule has 1 aliphatic heterocycles. The summed E-state index contributed by atoms with van der Waals surface area (Å²) in [7, 11) is 0. The third-order valence-corrected chi connectivity index (χ3v) is 2.65. The standard InChI is InChI=1S/C11H22N2O2/c1-9(2)8-15-11(14)13-5-3-4-10(6-12)7-13/h9-10H,3-8,12H2,1-2H3. The number of nitrogens with two attached hydrogens (primary N) is 1. The molecule has 0 radical (unpaired) electrons. The molecule has 0 bridgehead atoms. The second-order valence-electron chi connectivity index (χ2n) is 4.66. The molecule has 1 atom stereocenters. The number of piperidine rings is 1. The van der Waals surface area contributed by atoms with Crippen molar-refractivity contribution in [2.24, 2.45) is 17.6 Å². The van der Waals surface area contributed by atoms with Crippen LogP contribution in [0.2, 0.25) is 0 Å². The van der Waals surface area contributed by atoms with Gasteiger partial charge in [-0.15, -0.1) is 0 Å². The average molecular weight is 214 g/mol. The highest BCUT2D eigenvalue weighted by Crippen LogP contribution is 2.16. The molecule has 2 N–H and O–H groups in total. The summed E-state index contributed by atoms with van der Waals surface area (Å²) in [6.07, 6.45) is 1.99. The summed E-state index contributed by atoms with van der Waals surface area (Å²) >= 11 is 0. The van der Waals surface area contributed by atoms with E-state index in [0.717, 1.165) is 25.9 Å². The zero-order valence-corrected chi connectivity index (χ0v) is 9.74. The van der Waals surface area contributed by atoms with Gasteiger partial charge in [0.1, 0.15) is 0 Å². The second kappa shape index (κ2) is 5.95. The molecule has 0 aliphatic carbocycles. The first-order chi connectivity index (χ1) is 7.13. The van der Waals surface area contributed by atoms with E-state index in [1.54, 1.807) is 4.90 Å². The Balaban J connectivity index is 2.32. The minimum absolute atomic E-state index is 0.179. The molecule has 1 unspecified atom stereocenters. The largest absolute Gasteiger partial charge is 0.449 e. The third-order valence-electron chi connectivity index (χ3n) is 2.65. The molecular weight excluding hydrogens is 192 g/mol. The van der Waals surface area contributed by atoms with Crippen molar-refractivity contribution in [3.05, 3.63) is 0 Å². The molecule has 1 rings (SSSR count). The van der Waals surface area contributed by atoms with Crippen LogP contribution in [0.5, 0.6) is 0 Å². The Kier molecular flexibility index (Phi) is 4.88. The molecule has 15 heavy (non-hydrogen) atoms. The van der Waals surface area contributed by atoms with Crippen molar-refractivity contribution in [2.75, 3.05) is 26.2 Å². The summed E-state index contributed by atoms with van der Waals surface area (Å²) in [6.45, 7) is 6.80. The van der Waals surface area contributed by atoms with Crippen molar-refractivity contribution in [1.82, 2.24) is 4.90 Å². The lowest BCUT2D eigenvalue weighted by Crippen LogP contribution is -2.42. The molecule has 4 nitrogen and oxygen atoms in total. The first-order valence-corrected chi connectivity index (χ1v) is 5.75. The van der Waals surface area contributed by atoms with Gasteiger partial charge in [0, 0.05) is 13.1 Å². The van der Waals surface area contributed by atoms with E-state index in [1.165, 1.54) is 0 Å². The molecule has 0 spiro atoms. The summed E-state index contributed by atoms with van der Waals surface area (Å²) < 4.78 is 5.18. The van der Waals surface area contributed by atoms with Crippen LogP contribution in [-0.4, -0.2) is 37.2 Å². The Labute approximate surface area is 91.8 Å². The smallest absolute Gasteiger partial charge is 0.409 e. The van der Waals surface area contributed by atoms with Gasteiger partial charge in [0.05, 0.1) is 6.61 Å². The van der Waals surface area contributed by atoms with Crippen molar-refractivity contribution < 1.29 is 9.53 Å². The summed E-state index contributed by atoms with van der Waals surface area (Å²) in [5, 5.41) is 0. The topological polar surface area (TPSA) is 55.6 Å². The van der Waals surface area contributed by atoms with Gasteiger partial charge >= 0.3 is 6.09 Å². The second-order valence-corrected chi connectivity index (χ2v) is 4.66. The van der Waals surface area contributed by atoms with Crippen molar-refractivity contribution in [2.45, 2.75) is 26.7 Å². The number of carbonyl (C=O) groups excluding carboxylic acids is 1. The Morgan fingerprint density at radius 1 is 1.60 bits per heavy atom. The van der Waals surface area contributed by atoms with Crippen molar-refractivity contribution in [3.8, 4) is 0 Å². The lowest BCUT2D eigenvalue weighted by atomic mass is 9.99. The lowest BCUT2D eigenvalue weighted by molar-refractivity contribution is 0.0768. The number of ether oxygens (including phenoxy) is 1. The van der Waals surface area contributed by atoms with Gasteiger partial charge in [0.2, 0.25) is 0 Å². The fraction of sp³-hybridized carbons (Fsp3) is 0.909. The van der Waals surface area contributed by atoms with E-state index < -0.39 is 0 Å². The minimum atomic E-state index is -0.179. The van der Waals surface area contributed by atoms with Crippen LogP contribution in [0.4, 0.5) is 4.79 Å². The fourth-order valence-corrected chi connectivity index (χ4v) is 1.75. The molecule has 0 aromatic heterocycles. The Morgan fingerprint density at radius 2 is 2.33 bits per heavy atom. The summed E-state index contributed by atoms with van der Waals surface area (Å²) in [4.78, 5) is 13.4. The Hall–Kier alpha value is -0.770. The first kappa shape index (κ1) is 12.3. The fourth-order valence-electron chi connectivity index (χ4n) is 1.75. The number of rotatable bonds is 3. The van der Waals surface area contributed by atoms with Gasteiger partial charge < -0.3 is 15.4 Å². The number of likely N-dealkylation sites (tertiary alicyclic amines) is 1. The summed E-state index contributed by atoms with van der Waals surface area (Å²) in [6, 6.07) is 0. The molecule has 0 aromatic rings. The molecular formula is C11H22N2O2. The maximum absolute atomic E-state index is 11.6. The van der Waals surface area contributed by atoms with E-state index in [4.69, 9.17) is 10.5 Å². The van der Waals surface area contributed by atoms with Gasteiger partial charge in [-0.2, -0.15) is 0 Å². The van der Waals surface area contributed by atoms with Gasteiger partial charge in [-0.05, 0) is 31.2 Å². The molecule has 1 amide bonds. The van der Waals surface area contributed by atoms with E-state index in [1.807, 2.05) is 13.8 Å². The zero-order valence-electron chi connectivity index (χ0n) is 9.74. The van der Waals surface area contributed by atoms with Crippen LogP contribution < -0.4 is 5.73 Å². The van der Waals surface area contributed by atoms with Crippen molar-refractivity contribution in [3.63, 3.8) is 0 Å². The van der Waals surface area contributed by atoms with Gasteiger partial charge in [-0.25, -0.2) is 4.79 Å². The quantitative estimate of drug-likeness (QED) is 0.773. The van der Waals surface area contributed by atoms with E-state index >= 15 is 0 Å². The van der Waals surface area contributed by atoms with Crippen molar-refractivity contribution in [1.29, 1.82) is 0 Å². The first-order valence-electron chi connectivity index (χ1n) is 5.75. The van der Waals surface area contributed by atoms with Crippen LogP contribution in [-0.2, 0) is 4.74 Å². The molecule has 0 aromatic carbocycles. The lowest BCUT2D eigenvalue weighted by Gasteiger charge is -2.31. The van der Waals surface area contributed by atoms with Crippen LogP contribution in [0.1, 0.15) is 26.7 Å². The van der Waals surface area contributed by atoms with Crippen LogP contribution in [0, 0.1) is 11.8 Å². The highest BCUT2D eigenvalue weighted by molar-refractivity contribution is 5.67. The zero-order chi connectivity index (χ0) is 11.3. The molecule has 1 heterocycles. The number of carbonyl (C=O) groups is 1. The predicted octanol–water partition coefficient (Wildman–Crippen LogP) is 1.45. The van der Waals surface area contributed by atoms with Gasteiger partial charge in [-0.3, -0.25) is 0 Å². The molecule has 1 aliphatic rings. The maximum atomic E-state index is 11.6. The number of hydrogen-bond acceptors (Lipinski definition) is 3. The van der Waals surface area contributed by atoms with Crippen molar-refractivity contribution >= 4 is 6.09 Å². The number of nitrogens with zero attached hydrogens (tertiary/aromatic N) is 1. The Morgan fingerprint density at radius 3 is 2.93 bits per heavy atom. The van der Waals surface area contributed by atoms with E-state index in [-0.39, 0.29) is 6.09 Å². The molecule has 1 saturated heterocycles.